The maximum absolute atomic E-state index is 12.6. The van der Waals surface area contributed by atoms with Gasteiger partial charge in [-0.3, -0.25) is 4.79 Å². The highest BCUT2D eigenvalue weighted by Crippen LogP contribution is 2.32. The smallest absolute Gasteiger partial charge is 0.257 e. The van der Waals surface area contributed by atoms with Crippen LogP contribution >= 0.6 is 15.9 Å². The quantitative estimate of drug-likeness (QED) is 0.801. The predicted molar refractivity (Wildman–Crippen MR) is 77.4 cm³/mol. The van der Waals surface area contributed by atoms with Gasteiger partial charge in [0.25, 0.3) is 5.91 Å². The van der Waals surface area contributed by atoms with Crippen LogP contribution in [0.5, 0.6) is 11.5 Å². The average Bonchev–Trinajstić information content (AvgIpc) is 2.45. The summed E-state index contributed by atoms with van der Waals surface area (Å²) in [5.41, 5.74) is 0.559. The summed E-state index contributed by atoms with van der Waals surface area (Å²) < 4.78 is 10.6. The molecule has 1 atom stereocenters. The van der Waals surface area contributed by atoms with E-state index in [9.17, 15) is 4.79 Å². The van der Waals surface area contributed by atoms with E-state index < -0.39 is 0 Å². The number of alkyl halides is 1. The zero-order chi connectivity index (χ0) is 13.8. The molecule has 19 heavy (non-hydrogen) atoms. The number of hydrogen-bond acceptors (Lipinski definition) is 3. The number of halogens is 1. The molecule has 0 saturated carbocycles. The van der Waals surface area contributed by atoms with Gasteiger partial charge in [-0.05, 0) is 25.0 Å². The fourth-order valence-corrected chi connectivity index (χ4v) is 3.01. The van der Waals surface area contributed by atoms with Crippen LogP contribution in [0.15, 0.2) is 18.2 Å². The molecule has 1 aromatic rings. The average molecular weight is 328 g/mol. The van der Waals surface area contributed by atoms with E-state index in [4.69, 9.17) is 9.47 Å². The van der Waals surface area contributed by atoms with Gasteiger partial charge in [-0.25, -0.2) is 0 Å². The number of ether oxygens (including phenoxy) is 2. The summed E-state index contributed by atoms with van der Waals surface area (Å²) in [7, 11) is 3.12. The number of hydrogen-bond donors (Lipinski definition) is 0. The highest BCUT2D eigenvalue weighted by molar-refractivity contribution is 9.09. The molecular weight excluding hydrogens is 310 g/mol. The number of carbonyl (C=O) groups excluding carboxylic acids is 1. The molecule has 5 heteroatoms. The summed E-state index contributed by atoms with van der Waals surface area (Å²) in [6.45, 7) is 1.53. The van der Waals surface area contributed by atoms with Gasteiger partial charge < -0.3 is 14.4 Å². The second-order valence-corrected chi connectivity index (χ2v) is 5.83. The molecule has 0 radical (unpaired) electrons. The molecule has 0 N–H and O–H groups in total. The Hall–Kier alpha value is -1.23. The first-order valence-electron chi connectivity index (χ1n) is 6.31. The Bertz CT molecular complexity index is 464. The van der Waals surface area contributed by atoms with Gasteiger partial charge in [-0.15, -0.1) is 0 Å². The van der Waals surface area contributed by atoms with E-state index in [1.807, 2.05) is 11.0 Å². The summed E-state index contributed by atoms with van der Waals surface area (Å²) in [4.78, 5) is 14.8. The number of nitrogens with zero attached hydrogens (tertiary/aromatic N) is 1. The molecule has 0 aliphatic carbocycles. The maximum atomic E-state index is 12.6. The lowest BCUT2D eigenvalue weighted by Gasteiger charge is -2.30. The standard InChI is InChI=1S/C14H18BrNO3/c1-18-12-7-3-6-11(13(12)19-2)14(17)16-8-4-5-10(15)9-16/h3,6-7,10H,4-5,8-9H2,1-2H3. The van der Waals surface area contributed by atoms with Gasteiger partial charge in [0.1, 0.15) is 0 Å². The number of para-hydroxylation sites is 1. The van der Waals surface area contributed by atoms with Crippen molar-refractivity contribution < 1.29 is 14.3 Å². The van der Waals surface area contributed by atoms with E-state index in [2.05, 4.69) is 15.9 Å². The summed E-state index contributed by atoms with van der Waals surface area (Å²) >= 11 is 3.58. The minimum atomic E-state index is -0.0000926. The number of benzene rings is 1. The number of rotatable bonds is 3. The molecular formula is C14H18BrNO3. The van der Waals surface area contributed by atoms with Crippen molar-refractivity contribution in [3.8, 4) is 11.5 Å². The van der Waals surface area contributed by atoms with Gasteiger partial charge in [0.05, 0.1) is 19.8 Å². The Kier molecular flexibility index (Phi) is 4.69. The van der Waals surface area contributed by atoms with Crippen LogP contribution in [0, 0.1) is 0 Å². The van der Waals surface area contributed by atoms with Crippen molar-refractivity contribution in [1.82, 2.24) is 4.90 Å². The third kappa shape index (κ3) is 3.03. The van der Waals surface area contributed by atoms with Crippen LogP contribution in [0.25, 0.3) is 0 Å². The highest BCUT2D eigenvalue weighted by atomic mass is 79.9. The van der Waals surface area contributed by atoms with E-state index >= 15 is 0 Å². The van der Waals surface area contributed by atoms with Gasteiger partial charge in [-0.1, -0.05) is 22.0 Å². The first kappa shape index (κ1) is 14.2. The van der Waals surface area contributed by atoms with E-state index in [0.29, 0.717) is 21.9 Å². The molecule has 1 fully saturated rings. The molecule has 0 bridgehead atoms. The molecule has 1 unspecified atom stereocenters. The fraction of sp³-hybridized carbons (Fsp3) is 0.500. The summed E-state index contributed by atoms with van der Waals surface area (Å²) in [6, 6.07) is 5.38. The predicted octanol–water partition coefficient (Wildman–Crippen LogP) is 2.70. The van der Waals surface area contributed by atoms with Crippen molar-refractivity contribution in [1.29, 1.82) is 0 Å². The largest absolute Gasteiger partial charge is 0.493 e. The SMILES string of the molecule is COc1cccc(C(=O)N2CCCC(Br)C2)c1OC. The summed E-state index contributed by atoms with van der Waals surface area (Å²) in [6.07, 6.45) is 2.13. The molecule has 1 aliphatic heterocycles. The van der Waals surface area contributed by atoms with Crippen molar-refractivity contribution in [3.63, 3.8) is 0 Å². The molecule has 0 aromatic heterocycles. The third-order valence-electron chi connectivity index (χ3n) is 3.28. The Morgan fingerprint density at radius 1 is 1.37 bits per heavy atom. The van der Waals surface area contributed by atoms with Crippen molar-refractivity contribution in [3.05, 3.63) is 23.8 Å². The van der Waals surface area contributed by atoms with E-state index in [1.165, 1.54) is 0 Å². The molecule has 1 aliphatic rings. The molecule has 1 heterocycles. The van der Waals surface area contributed by atoms with Crippen LogP contribution in [0.4, 0.5) is 0 Å². The first-order chi connectivity index (χ1) is 9.17. The van der Waals surface area contributed by atoms with Crippen molar-refractivity contribution in [2.45, 2.75) is 17.7 Å². The van der Waals surface area contributed by atoms with Crippen molar-refractivity contribution in [2.75, 3.05) is 27.3 Å². The van der Waals surface area contributed by atoms with Crippen LogP contribution in [-0.2, 0) is 0 Å². The Balaban J connectivity index is 2.28. The summed E-state index contributed by atoms with van der Waals surface area (Å²) in [5, 5.41) is 0. The first-order valence-corrected chi connectivity index (χ1v) is 7.23. The Morgan fingerprint density at radius 3 is 2.79 bits per heavy atom. The zero-order valence-electron chi connectivity index (χ0n) is 11.2. The van der Waals surface area contributed by atoms with Crippen LogP contribution in [-0.4, -0.2) is 42.9 Å². The van der Waals surface area contributed by atoms with Crippen LogP contribution in [0.3, 0.4) is 0 Å². The second-order valence-electron chi connectivity index (χ2n) is 4.53. The van der Waals surface area contributed by atoms with Crippen LogP contribution in [0.1, 0.15) is 23.2 Å². The number of amides is 1. The topological polar surface area (TPSA) is 38.8 Å². The van der Waals surface area contributed by atoms with Crippen molar-refractivity contribution in [2.24, 2.45) is 0 Å². The fourth-order valence-electron chi connectivity index (χ4n) is 2.34. The number of likely N-dealkylation sites (tertiary alicyclic amines) is 1. The molecule has 104 valence electrons. The molecule has 4 nitrogen and oxygen atoms in total. The van der Waals surface area contributed by atoms with Crippen LogP contribution in [0.2, 0.25) is 0 Å². The monoisotopic (exact) mass is 327 g/mol. The molecule has 2 rings (SSSR count). The number of piperidine rings is 1. The van der Waals surface area contributed by atoms with Gasteiger partial charge in [0.2, 0.25) is 0 Å². The Labute approximate surface area is 121 Å². The normalized spacial score (nSPS) is 19.1. The van der Waals surface area contributed by atoms with E-state index in [0.717, 1.165) is 25.9 Å². The minimum Gasteiger partial charge on any atom is -0.493 e. The number of carbonyl (C=O) groups is 1. The van der Waals surface area contributed by atoms with Crippen LogP contribution < -0.4 is 9.47 Å². The zero-order valence-corrected chi connectivity index (χ0v) is 12.8. The van der Waals surface area contributed by atoms with Crippen molar-refractivity contribution >= 4 is 21.8 Å². The van der Waals surface area contributed by atoms with E-state index in [-0.39, 0.29) is 5.91 Å². The molecule has 1 amide bonds. The van der Waals surface area contributed by atoms with Gasteiger partial charge >= 0.3 is 0 Å². The minimum absolute atomic E-state index is 0.0000926. The molecule has 0 spiro atoms. The van der Waals surface area contributed by atoms with Gasteiger partial charge in [0, 0.05) is 17.9 Å². The Morgan fingerprint density at radius 2 is 2.16 bits per heavy atom. The lowest BCUT2D eigenvalue weighted by molar-refractivity contribution is 0.0726. The summed E-state index contributed by atoms with van der Waals surface area (Å²) in [5.74, 6) is 1.09. The lowest BCUT2D eigenvalue weighted by Crippen LogP contribution is -2.40. The highest BCUT2D eigenvalue weighted by Gasteiger charge is 2.26. The van der Waals surface area contributed by atoms with Gasteiger partial charge in [-0.2, -0.15) is 0 Å². The lowest BCUT2D eigenvalue weighted by atomic mass is 10.1. The van der Waals surface area contributed by atoms with Gasteiger partial charge in [0.15, 0.2) is 11.5 Å². The third-order valence-corrected chi connectivity index (χ3v) is 4.03. The molecule has 1 aromatic carbocycles. The second kappa shape index (κ2) is 6.28. The molecule has 1 saturated heterocycles. The maximum Gasteiger partial charge on any atom is 0.257 e. The van der Waals surface area contributed by atoms with E-state index in [1.54, 1.807) is 26.4 Å². The number of methoxy groups -OCH3 is 2.